The van der Waals surface area contributed by atoms with E-state index < -0.39 is 0 Å². The van der Waals surface area contributed by atoms with Crippen LogP contribution in [0.2, 0.25) is 0 Å². The molecule has 2 N–H and O–H groups in total. The second-order valence-corrected chi connectivity index (χ2v) is 7.97. The van der Waals surface area contributed by atoms with Gasteiger partial charge in [-0.15, -0.1) is 0 Å². The molecule has 0 radical (unpaired) electrons. The number of nitrogens with one attached hydrogen (secondary N) is 2. The van der Waals surface area contributed by atoms with E-state index in [-0.39, 0.29) is 11.3 Å². The third-order valence-electron chi connectivity index (χ3n) is 5.08. The number of hydrogen-bond acceptors (Lipinski definition) is 3. The van der Waals surface area contributed by atoms with Crippen LogP contribution in [0.4, 0.5) is 0 Å². The van der Waals surface area contributed by atoms with Gasteiger partial charge in [-0.2, -0.15) is 0 Å². The molecule has 0 fully saturated rings. The van der Waals surface area contributed by atoms with E-state index in [0.717, 1.165) is 30.2 Å². The van der Waals surface area contributed by atoms with Gasteiger partial charge in [-0.25, -0.2) is 4.98 Å². The van der Waals surface area contributed by atoms with Crippen LogP contribution in [0.1, 0.15) is 41.1 Å². The Morgan fingerprint density at radius 1 is 0.900 bits per heavy atom. The molecule has 0 saturated carbocycles. The molecule has 30 heavy (non-hydrogen) atoms. The van der Waals surface area contributed by atoms with Crippen LogP contribution < -0.4 is 5.56 Å². The van der Waals surface area contributed by atoms with Gasteiger partial charge in [0, 0.05) is 22.9 Å². The molecule has 6 heteroatoms. The van der Waals surface area contributed by atoms with Gasteiger partial charge in [-0.3, -0.25) is 9.59 Å². The van der Waals surface area contributed by atoms with Gasteiger partial charge in [-0.05, 0) is 18.4 Å². The van der Waals surface area contributed by atoms with Crippen molar-refractivity contribution in [2.45, 2.75) is 25.7 Å². The van der Waals surface area contributed by atoms with E-state index in [1.54, 1.807) is 12.1 Å². The molecule has 4 aromatic rings. The zero-order valence-electron chi connectivity index (χ0n) is 16.5. The summed E-state index contributed by atoms with van der Waals surface area (Å²) in [7, 11) is 0. The van der Waals surface area contributed by atoms with Crippen LogP contribution in [0.3, 0.4) is 0 Å². The summed E-state index contributed by atoms with van der Waals surface area (Å²) in [5, 5.41) is 1.39. The first-order valence-corrected chi connectivity index (χ1v) is 11.2. The maximum atomic E-state index is 13.3. The zero-order chi connectivity index (χ0) is 20.9. The highest BCUT2D eigenvalue weighted by atomic mass is 79.9. The Labute approximate surface area is 182 Å². The number of alkyl halides is 1. The Morgan fingerprint density at radius 2 is 1.60 bits per heavy atom. The molecule has 152 valence electrons. The Bertz CT molecular complexity index is 1210. The normalized spacial score (nSPS) is 11.1. The quantitative estimate of drug-likeness (QED) is 0.212. The number of rotatable bonds is 8. The monoisotopic (exact) mass is 463 g/mol. The van der Waals surface area contributed by atoms with Crippen molar-refractivity contribution in [1.29, 1.82) is 0 Å². The van der Waals surface area contributed by atoms with E-state index >= 15 is 0 Å². The molecule has 0 saturated heterocycles. The Hall–Kier alpha value is -2.99. The number of benzene rings is 2. The summed E-state index contributed by atoms with van der Waals surface area (Å²) in [6.45, 7) is 0. The Morgan fingerprint density at radius 3 is 2.30 bits per heavy atom. The third-order valence-corrected chi connectivity index (χ3v) is 5.65. The largest absolute Gasteiger partial charge is 0.336 e. The number of aromatic nitrogens is 3. The fourth-order valence-electron chi connectivity index (χ4n) is 3.63. The minimum Gasteiger partial charge on any atom is -0.336 e. The number of nitrogens with zero attached hydrogens (tertiary/aromatic N) is 1. The molecule has 2 aromatic carbocycles. The standard InChI is InChI=1S/C24H22BrN3O2/c25-15-9-3-8-14-18-26-23-20(24(30)27-18)19(16-10-4-1-5-11-16)21(28-23)22(29)17-12-6-2-7-13-17/h1-2,4-7,10-13H,3,8-9,14-15H2,(H2,26,27,28,30). The molecule has 5 nitrogen and oxygen atoms in total. The van der Waals surface area contributed by atoms with Gasteiger partial charge in [0.2, 0.25) is 5.78 Å². The number of aryl methyl sites for hydroxylation is 1. The van der Waals surface area contributed by atoms with Crippen LogP contribution in [0, 0.1) is 0 Å². The minimum absolute atomic E-state index is 0.161. The number of ketones is 1. The zero-order valence-corrected chi connectivity index (χ0v) is 18.0. The molecule has 0 amide bonds. The smallest absolute Gasteiger partial charge is 0.261 e. The van der Waals surface area contributed by atoms with E-state index in [4.69, 9.17) is 0 Å². The van der Waals surface area contributed by atoms with Gasteiger partial charge in [0.15, 0.2) is 0 Å². The van der Waals surface area contributed by atoms with Crippen molar-refractivity contribution in [1.82, 2.24) is 15.0 Å². The van der Waals surface area contributed by atoms with Crippen molar-refractivity contribution < 1.29 is 4.79 Å². The second-order valence-electron chi connectivity index (χ2n) is 7.17. The SMILES string of the molecule is O=C(c1ccccc1)c1[nH]c2nc(CCCCCBr)[nH]c(=O)c2c1-c1ccccc1. The van der Waals surface area contributed by atoms with Crippen molar-refractivity contribution in [3.8, 4) is 11.1 Å². The number of hydrogen-bond donors (Lipinski definition) is 2. The lowest BCUT2D eigenvalue weighted by Gasteiger charge is -2.05. The fourth-order valence-corrected chi connectivity index (χ4v) is 4.02. The molecule has 0 aliphatic rings. The van der Waals surface area contributed by atoms with Crippen molar-refractivity contribution >= 4 is 32.7 Å². The topological polar surface area (TPSA) is 78.6 Å². The maximum Gasteiger partial charge on any atom is 0.261 e. The number of halogens is 1. The number of carbonyl (C=O) groups excluding carboxylic acids is 1. The van der Waals surface area contributed by atoms with E-state index in [2.05, 4.69) is 30.9 Å². The van der Waals surface area contributed by atoms with Gasteiger partial charge in [-0.1, -0.05) is 83.0 Å². The van der Waals surface area contributed by atoms with E-state index in [1.807, 2.05) is 48.5 Å². The highest BCUT2D eigenvalue weighted by Gasteiger charge is 2.23. The van der Waals surface area contributed by atoms with Crippen molar-refractivity contribution in [3.05, 3.63) is 88.1 Å². The highest BCUT2D eigenvalue weighted by Crippen LogP contribution is 2.31. The molecule has 0 aliphatic heterocycles. The summed E-state index contributed by atoms with van der Waals surface area (Å²) in [5.41, 5.74) is 2.58. The third kappa shape index (κ3) is 4.14. The summed E-state index contributed by atoms with van der Waals surface area (Å²) in [6, 6.07) is 18.6. The number of H-pyrrole nitrogens is 2. The predicted octanol–water partition coefficient (Wildman–Crippen LogP) is 5.26. The summed E-state index contributed by atoms with van der Waals surface area (Å²) < 4.78 is 0. The average molecular weight is 464 g/mol. The highest BCUT2D eigenvalue weighted by molar-refractivity contribution is 9.09. The fraction of sp³-hybridized carbons (Fsp3) is 0.208. The predicted molar refractivity (Wildman–Crippen MR) is 123 cm³/mol. The van der Waals surface area contributed by atoms with Crippen molar-refractivity contribution in [3.63, 3.8) is 0 Å². The molecule has 0 spiro atoms. The molecule has 0 bridgehead atoms. The number of carbonyl (C=O) groups is 1. The van der Waals surface area contributed by atoms with Crippen LogP contribution in [-0.2, 0) is 6.42 Å². The first-order chi connectivity index (χ1) is 14.7. The number of aromatic amines is 2. The van der Waals surface area contributed by atoms with Gasteiger partial charge in [0.05, 0.1) is 11.1 Å². The van der Waals surface area contributed by atoms with Crippen LogP contribution >= 0.6 is 15.9 Å². The van der Waals surface area contributed by atoms with Crippen molar-refractivity contribution in [2.24, 2.45) is 0 Å². The summed E-state index contributed by atoms with van der Waals surface area (Å²) in [6.07, 6.45) is 3.79. The van der Waals surface area contributed by atoms with Gasteiger partial charge in [0.25, 0.3) is 5.56 Å². The first-order valence-electron chi connectivity index (χ1n) is 10.0. The lowest BCUT2D eigenvalue weighted by molar-refractivity contribution is 0.103. The molecule has 0 aliphatic carbocycles. The van der Waals surface area contributed by atoms with Gasteiger partial charge in [0.1, 0.15) is 11.5 Å². The van der Waals surface area contributed by atoms with Gasteiger partial charge < -0.3 is 9.97 Å². The van der Waals surface area contributed by atoms with Crippen LogP contribution in [-0.4, -0.2) is 26.1 Å². The summed E-state index contributed by atoms with van der Waals surface area (Å²) >= 11 is 3.44. The average Bonchev–Trinajstić information content (AvgIpc) is 3.17. The minimum atomic E-state index is -0.224. The molecule has 2 heterocycles. The second kappa shape index (κ2) is 9.22. The van der Waals surface area contributed by atoms with E-state index in [9.17, 15) is 9.59 Å². The maximum absolute atomic E-state index is 13.3. The van der Waals surface area contributed by atoms with Crippen LogP contribution in [0.5, 0.6) is 0 Å². The Kier molecular flexibility index (Phi) is 6.23. The molecular formula is C24H22BrN3O2. The molecular weight excluding hydrogens is 442 g/mol. The number of unbranched alkanes of at least 4 members (excludes halogenated alkanes) is 2. The van der Waals surface area contributed by atoms with E-state index in [0.29, 0.717) is 40.1 Å². The van der Waals surface area contributed by atoms with Crippen LogP contribution in [0.25, 0.3) is 22.2 Å². The first kappa shape index (κ1) is 20.3. The molecule has 4 rings (SSSR count). The number of fused-ring (bicyclic) bond motifs is 1. The van der Waals surface area contributed by atoms with Crippen molar-refractivity contribution in [2.75, 3.05) is 5.33 Å². The Balaban J connectivity index is 1.84. The molecule has 0 atom stereocenters. The lowest BCUT2D eigenvalue weighted by atomic mass is 9.98. The lowest BCUT2D eigenvalue weighted by Crippen LogP contribution is -2.12. The molecule has 2 aromatic heterocycles. The summed E-state index contributed by atoms with van der Waals surface area (Å²) in [5.74, 6) is 0.479. The van der Waals surface area contributed by atoms with Crippen LogP contribution in [0.15, 0.2) is 65.5 Å². The van der Waals surface area contributed by atoms with E-state index in [1.165, 1.54) is 0 Å². The summed E-state index contributed by atoms with van der Waals surface area (Å²) in [4.78, 5) is 37.0. The molecule has 0 unspecified atom stereocenters. The van der Waals surface area contributed by atoms with Gasteiger partial charge >= 0.3 is 0 Å².